The van der Waals surface area contributed by atoms with Crippen LogP contribution in [0.5, 0.6) is 0 Å². The zero-order valence-corrected chi connectivity index (χ0v) is 10.1. The molecule has 0 saturated carbocycles. The minimum Gasteiger partial charge on any atom is -0.347 e. The summed E-state index contributed by atoms with van der Waals surface area (Å²) in [5, 5.41) is 5.84. The molecule has 0 aliphatic carbocycles. The van der Waals surface area contributed by atoms with E-state index in [0.29, 0.717) is 6.54 Å². The number of rotatable bonds is 4. The largest absolute Gasteiger partial charge is 0.347 e. The van der Waals surface area contributed by atoms with E-state index in [4.69, 9.17) is 0 Å². The van der Waals surface area contributed by atoms with Gasteiger partial charge in [0.1, 0.15) is 0 Å². The van der Waals surface area contributed by atoms with E-state index in [0.717, 1.165) is 25.9 Å². The number of likely N-dealkylation sites (N-methyl/N-ethyl adjacent to an activating group) is 1. The highest BCUT2D eigenvalue weighted by atomic mass is 16.2. The molecule has 1 aliphatic heterocycles. The summed E-state index contributed by atoms with van der Waals surface area (Å²) >= 11 is 0. The van der Waals surface area contributed by atoms with Crippen LogP contribution in [0.15, 0.2) is 0 Å². The smallest absolute Gasteiger partial charge is 0.242 e. The summed E-state index contributed by atoms with van der Waals surface area (Å²) in [4.78, 5) is 24.5. The van der Waals surface area contributed by atoms with Crippen LogP contribution < -0.4 is 10.6 Å². The highest BCUT2D eigenvalue weighted by molar-refractivity contribution is 5.83. The number of carbonyl (C=O) groups excluding carboxylic acids is 2. The second-order valence-corrected chi connectivity index (χ2v) is 4.09. The maximum Gasteiger partial charge on any atom is 0.242 e. The molecule has 0 aromatic carbocycles. The van der Waals surface area contributed by atoms with Crippen molar-refractivity contribution in [2.45, 2.75) is 32.7 Å². The van der Waals surface area contributed by atoms with Crippen molar-refractivity contribution < 1.29 is 9.59 Å². The predicted molar refractivity (Wildman–Crippen MR) is 62.0 cm³/mol. The highest BCUT2D eigenvalue weighted by Gasteiger charge is 2.23. The van der Waals surface area contributed by atoms with Crippen LogP contribution >= 0.6 is 0 Å². The van der Waals surface area contributed by atoms with Gasteiger partial charge in [-0.15, -0.1) is 0 Å². The van der Waals surface area contributed by atoms with Crippen molar-refractivity contribution in [2.24, 2.45) is 0 Å². The number of nitrogens with one attached hydrogen (secondary N) is 2. The fraction of sp³-hybridized carbons (Fsp3) is 0.818. The molecule has 1 heterocycles. The maximum atomic E-state index is 11.9. The highest BCUT2D eigenvalue weighted by Crippen LogP contribution is 2.10. The van der Waals surface area contributed by atoms with Crippen molar-refractivity contribution in [2.75, 3.05) is 26.2 Å². The minimum atomic E-state index is -0.161. The van der Waals surface area contributed by atoms with Gasteiger partial charge in [0.25, 0.3) is 0 Å². The van der Waals surface area contributed by atoms with Crippen molar-refractivity contribution in [1.29, 1.82) is 0 Å². The van der Waals surface area contributed by atoms with Crippen LogP contribution in [0.4, 0.5) is 0 Å². The molecule has 0 aromatic rings. The lowest BCUT2D eigenvalue weighted by Crippen LogP contribution is -2.51. The van der Waals surface area contributed by atoms with Gasteiger partial charge in [0.05, 0.1) is 6.54 Å². The lowest BCUT2D eigenvalue weighted by atomic mass is 10.1. The van der Waals surface area contributed by atoms with Gasteiger partial charge in [-0.1, -0.05) is 0 Å². The normalized spacial score (nSPS) is 20.2. The lowest BCUT2D eigenvalue weighted by Gasteiger charge is -2.34. The van der Waals surface area contributed by atoms with Crippen LogP contribution in [0, 0.1) is 0 Å². The zero-order chi connectivity index (χ0) is 12.0. The molecule has 1 saturated heterocycles. The molecule has 2 N–H and O–H groups in total. The van der Waals surface area contributed by atoms with Crippen molar-refractivity contribution in [1.82, 2.24) is 15.5 Å². The molecule has 1 fully saturated rings. The predicted octanol–water partition coefficient (Wildman–Crippen LogP) is -0.277. The number of hydrogen-bond acceptors (Lipinski definition) is 3. The van der Waals surface area contributed by atoms with Crippen LogP contribution in [0.2, 0.25) is 0 Å². The van der Waals surface area contributed by atoms with E-state index >= 15 is 0 Å². The van der Waals surface area contributed by atoms with E-state index in [1.54, 1.807) is 0 Å². The Balaban J connectivity index is 2.44. The van der Waals surface area contributed by atoms with Crippen molar-refractivity contribution >= 4 is 11.8 Å². The van der Waals surface area contributed by atoms with Crippen LogP contribution in [0.25, 0.3) is 0 Å². The van der Waals surface area contributed by atoms with Gasteiger partial charge in [-0.25, -0.2) is 0 Å². The number of nitrogens with zero attached hydrogens (tertiary/aromatic N) is 1. The maximum absolute atomic E-state index is 11.9. The van der Waals surface area contributed by atoms with Gasteiger partial charge in [-0.05, 0) is 26.3 Å². The number of piperidine rings is 1. The van der Waals surface area contributed by atoms with Gasteiger partial charge in [-0.3, -0.25) is 9.59 Å². The summed E-state index contributed by atoms with van der Waals surface area (Å²) in [5.41, 5.74) is 0. The number of carbonyl (C=O) groups is 2. The van der Waals surface area contributed by atoms with Crippen LogP contribution in [-0.4, -0.2) is 48.9 Å². The van der Waals surface area contributed by atoms with Gasteiger partial charge in [0.2, 0.25) is 11.8 Å². The molecule has 0 bridgehead atoms. The second kappa shape index (κ2) is 6.48. The van der Waals surface area contributed by atoms with Crippen molar-refractivity contribution in [3.63, 3.8) is 0 Å². The summed E-state index contributed by atoms with van der Waals surface area (Å²) in [5.74, 6) is -0.155. The van der Waals surface area contributed by atoms with E-state index in [1.807, 2.05) is 11.8 Å². The Kier molecular flexibility index (Phi) is 5.25. The fourth-order valence-electron chi connectivity index (χ4n) is 2.04. The van der Waals surface area contributed by atoms with Gasteiger partial charge in [-0.2, -0.15) is 0 Å². The molecule has 0 radical (unpaired) electrons. The summed E-state index contributed by atoms with van der Waals surface area (Å²) < 4.78 is 0. The molecule has 0 spiro atoms. The topological polar surface area (TPSA) is 61.4 Å². The van der Waals surface area contributed by atoms with E-state index in [-0.39, 0.29) is 24.4 Å². The molecule has 1 atom stereocenters. The van der Waals surface area contributed by atoms with Crippen LogP contribution in [0.3, 0.4) is 0 Å². The average Bonchev–Trinajstić information content (AvgIpc) is 2.29. The SMILES string of the molecule is CCN(C(=O)CNC(C)=O)C1CCCNC1. The fourth-order valence-corrected chi connectivity index (χ4v) is 2.04. The molecule has 92 valence electrons. The van der Waals surface area contributed by atoms with E-state index in [1.165, 1.54) is 6.92 Å². The molecular weight excluding hydrogens is 206 g/mol. The first-order chi connectivity index (χ1) is 7.65. The van der Waals surface area contributed by atoms with Gasteiger partial charge >= 0.3 is 0 Å². The van der Waals surface area contributed by atoms with Crippen molar-refractivity contribution in [3.05, 3.63) is 0 Å². The Labute approximate surface area is 96.6 Å². The Morgan fingerprint density at radius 3 is 2.75 bits per heavy atom. The van der Waals surface area contributed by atoms with Gasteiger partial charge in [0, 0.05) is 26.1 Å². The summed E-state index contributed by atoms with van der Waals surface area (Å²) in [6, 6.07) is 0.278. The summed E-state index contributed by atoms with van der Waals surface area (Å²) in [7, 11) is 0. The monoisotopic (exact) mass is 227 g/mol. The standard InChI is InChI=1S/C11H21N3O2/c1-3-14(10-5-4-6-12-7-10)11(16)8-13-9(2)15/h10,12H,3-8H2,1-2H3,(H,13,15). The molecular formula is C11H21N3O2. The molecule has 1 unspecified atom stereocenters. The van der Waals surface area contributed by atoms with Crippen LogP contribution in [0.1, 0.15) is 26.7 Å². The zero-order valence-electron chi connectivity index (χ0n) is 10.1. The Morgan fingerprint density at radius 2 is 2.25 bits per heavy atom. The van der Waals surface area contributed by atoms with Crippen LogP contribution in [-0.2, 0) is 9.59 Å². The third kappa shape index (κ3) is 3.81. The number of amides is 2. The lowest BCUT2D eigenvalue weighted by molar-refractivity contribution is -0.134. The minimum absolute atomic E-state index is 0.00593. The summed E-state index contributed by atoms with van der Waals surface area (Å²) in [6.07, 6.45) is 2.15. The molecule has 16 heavy (non-hydrogen) atoms. The average molecular weight is 227 g/mol. The quantitative estimate of drug-likeness (QED) is 0.694. The first-order valence-electron chi connectivity index (χ1n) is 5.89. The third-order valence-corrected chi connectivity index (χ3v) is 2.86. The number of hydrogen-bond donors (Lipinski definition) is 2. The van der Waals surface area contributed by atoms with Gasteiger partial charge in [0.15, 0.2) is 0 Å². The molecule has 0 aromatic heterocycles. The Morgan fingerprint density at radius 1 is 1.50 bits per heavy atom. The molecule has 2 amide bonds. The second-order valence-electron chi connectivity index (χ2n) is 4.09. The van der Waals surface area contributed by atoms with E-state index in [9.17, 15) is 9.59 Å². The first-order valence-corrected chi connectivity index (χ1v) is 5.89. The molecule has 5 nitrogen and oxygen atoms in total. The van der Waals surface area contributed by atoms with E-state index in [2.05, 4.69) is 10.6 Å². The molecule has 5 heteroatoms. The summed E-state index contributed by atoms with van der Waals surface area (Å²) in [6.45, 7) is 6.10. The first kappa shape index (κ1) is 13.0. The third-order valence-electron chi connectivity index (χ3n) is 2.86. The molecule has 1 rings (SSSR count). The molecule has 1 aliphatic rings. The Bertz CT molecular complexity index is 250. The van der Waals surface area contributed by atoms with E-state index < -0.39 is 0 Å². The van der Waals surface area contributed by atoms with Gasteiger partial charge < -0.3 is 15.5 Å². The Hall–Kier alpha value is -1.10. The van der Waals surface area contributed by atoms with Crippen molar-refractivity contribution in [3.8, 4) is 0 Å².